The molecule has 1 aromatic carbocycles. The van der Waals surface area contributed by atoms with Crippen LogP contribution in [-0.4, -0.2) is 57.4 Å². The summed E-state index contributed by atoms with van der Waals surface area (Å²) in [5.74, 6) is 0. The molecule has 2 unspecified atom stereocenters. The van der Waals surface area contributed by atoms with E-state index in [0.717, 1.165) is 43.8 Å². The zero-order valence-electron chi connectivity index (χ0n) is 18.6. The number of pyridine rings is 1. The Bertz CT molecular complexity index is 1240. The summed E-state index contributed by atoms with van der Waals surface area (Å²) in [6, 6.07) is 15.8. The fourth-order valence-electron chi connectivity index (χ4n) is 5.83. The van der Waals surface area contributed by atoms with Crippen LogP contribution in [0.1, 0.15) is 43.1 Å². The Balaban J connectivity index is 1.31. The average molecular weight is 429 g/mol. The molecule has 2 saturated heterocycles. The molecule has 0 bridgehead atoms. The molecule has 3 aliphatic heterocycles. The smallest absolute Gasteiger partial charge is 0.142 e. The Kier molecular flexibility index (Phi) is 4.26. The van der Waals surface area contributed by atoms with Crippen molar-refractivity contribution >= 4 is 16.9 Å². The zero-order chi connectivity index (χ0) is 22.0. The Hall–Kier alpha value is -3.08. The van der Waals surface area contributed by atoms with E-state index in [1.54, 1.807) is 10.7 Å². The predicted octanol–water partition coefficient (Wildman–Crippen LogP) is 2.93. The summed E-state index contributed by atoms with van der Waals surface area (Å²) in [5, 5.41) is 24.1. The number of hydrogen-bond acceptors (Lipinski definition) is 6. The van der Waals surface area contributed by atoms with Gasteiger partial charge in [-0.2, -0.15) is 10.4 Å². The monoisotopic (exact) mass is 428 g/mol. The van der Waals surface area contributed by atoms with E-state index >= 15 is 0 Å². The van der Waals surface area contributed by atoms with Crippen molar-refractivity contribution in [1.29, 1.82) is 5.26 Å². The van der Waals surface area contributed by atoms with Gasteiger partial charge in [-0.05, 0) is 61.7 Å². The highest BCUT2D eigenvalue weighted by atomic mass is 16.3. The number of aliphatic hydroxyl groups is 1. The van der Waals surface area contributed by atoms with Gasteiger partial charge in [-0.1, -0.05) is 6.07 Å². The molecule has 0 saturated carbocycles. The predicted molar refractivity (Wildman–Crippen MR) is 124 cm³/mol. The standard InChI is InChI=1S/C25H28N6O/c1-17-13-29(22-6-4-20(12-26)31-23(22)7-9-27-31)15-24-21-5-3-19(11-18(21)14-30(17)24)28-10-8-25(2,32)16-28/h3-7,9,11,17,24,32H,8,10,13-16H2,1-2H3/t17?,24?,25-/m1/s1. The molecular weight excluding hydrogens is 400 g/mol. The molecule has 0 spiro atoms. The Labute approximate surface area is 188 Å². The quantitative estimate of drug-likeness (QED) is 0.677. The normalized spacial score (nSPS) is 27.6. The first-order chi connectivity index (χ1) is 15.4. The SMILES string of the molecule is CC1CN(c2ccc(C#N)n3nccc23)CC2c3ccc(N4CC[C@@](C)(O)C4)cc3CN12. The molecule has 5 heterocycles. The summed E-state index contributed by atoms with van der Waals surface area (Å²) in [7, 11) is 0. The van der Waals surface area contributed by atoms with Crippen LogP contribution in [0.2, 0.25) is 0 Å². The van der Waals surface area contributed by atoms with Crippen molar-refractivity contribution in [2.75, 3.05) is 36.0 Å². The molecule has 1 N–H and O–H groups in total. The Morgan fingerprint density at radius 1 is 1.16 bits per heavy atom. The van der Waals surface area contributed by atoms with Crippen molar-refractivity contribution in [3.8, 4) is 6.07 Å². The third kappa shape index (κ3) is 2.98. The summed E-state index contributed by atoms with van der Waals surface area (Å²) >= 11 is 0. The van der Waals surface area contributed by atoms with Gasteiger partial charge in [0.25, 0.3) is 0 Å². The summed E-state index contributed by atoms with van der Waals surface area (Å²) in [6.07, 6.45) is 2.58. The third-order valence-corrected chi connectivity index (χ3v) is 7.49. The lowest BCUT2D eigenvalue weighted by molar-refractivity contribution is 0.0839. The van der Waals surface area contributed by atoms with Gasteiger partial charge >= 0.3 is 0 Å². The average Bonchev–Trinajstić information content (AvgIpc) is 3.49. The molecule has 3 atom stereocenters. The van der Waals surface area contributed by atoms with Crippen LogP contribution >= 0.6 is 0 Å². The van der Waals surface area contributed by atoms with Crippen LogP contribution in [0.3, 0.4) is 0 Å². The second-order valence-corrected chi connectivity index (χ2v) is 9.84. The van der Waals surface area contributed by atoms with Gasteiger partial charge in [0, 0.05) is 44.5 Å². The molecular formula is C25H28N6O. The molecule has 6 rings (SSSR count). The van der Waals surface area contributed by atoms with Crippen LogP contribution in [0.25, 0.3) is 5.52 Å². The number of piperazine rings is 1. The molecule has 0 aliphatic carbocycles. The highest BCUT2D eigenvalue weighted by Crippen LogP contribution is 2.42. The summed E-state index contributed by atoms with van der Waals surface area (Å²) in [6.45, 7) is 8.67. The van der Waals surface area contributed by atoms with E-state index in [-0.39, 0.29) is 0 Å². The van der Waals surface area contributed by atoms with Gasteiger partial charge in [0.2, 0.25) is 0 Å². The third-order valence-electron chi connectivity index (χ3n) is 7.49. The molecule has 2 fully saturated rings. The number of anilines is 2. The van der Waals surface area contributed by atoms with Crippen LogP contribution in [0, 0.1) is 11.3 Å². The number of nitriles is 1. The van der Waals surface area contributed by atoms with Crippen molar-refractivity contribution in [1.82, 2.24) is 14.5 Å². The topological polar surface area (TPSA) is 71.0 Å². The van der Waals surface area contributed by atoms with Crippen LogP contribution in [0.15, 0.2) is 42.6 Å². The maximum absolute atomic E-state index is 10.4. The lowest BCUT2D eigenvalue weighted by Crippen LogP contribution is -2.51. The van der Waals surface area contributed by atoms with E-state index in [4.69, 9.17) is 0 Å². The van der Waals surface area contributed by atoms with Crippen LogP contribution in [0.4, 0.5) is 11.4 Å². The number of β-amino-alcohol motifs (C(OH)–C–C–N with tert-alkyl or cyclic N) is 1. The van der Waals surface area contributed by atoms with Gasteiger partial charge < -0.3 is 14.9 Å². The maximum Gasteiger partial charge on any atom is 0.142 e. The fraction of sp³-hybridized carbons (Fsp3) is 0.440. The Morgan fingerprint density at radius 2 is 2.03 bits per heavy atom. The zero-order valence-corrected chi connectivity index (χ0v) is 18.6. The highest BCUT2D eigenvalue weighted by Gasteiger charge is 2.40. The lowest BCUT2D eigenvalue weighted by Gasteiger charge is -2.43. The van der Waals surface area contributed by atoms with Crippen molar-refractivity contribution < 1.29 is 5.11 Å². The number of benzene rings is 1. The van der Waals surface area contributed by atoms with E-state index in [0.29, 0.717) is 24.3 Å². The highest BCUT2D eigenvalue weighted by molar-refractivity contribution is 5.74. The van der Waals surface area contributed by atoms with Crippen LogP contribution < -0.4 is 9.80 Å². The van der Waals surface area contributed by atoms with Crippen LogP contribution in [0.5, 0.6) is 0 Å². The molecule has 3 aliphatic rings. The van der Waals surface area contributed by atoms with Gasteiger partial charge in [0.15, 0.2) is 0 Å². The van der Waals surface area contributed by atoms with Crippen molar-refractivity contribution in [3.05, 3.63) is 59.4 Å². The van der Waals surface area contributed by atoms with Crippen LogP contribution in [-0.2, 0) is 6.54 Å². The second kappa shape index (κ2) is 6.96. The van der Waals surface area contributed by atoms with Crippen molar-refractivity contribution in [2.24, 2.45) is 0 Å². The summed E-state index contributed by atoms with van der Waals surface area (Å²) < 4.78 is 1.74. The van der Waals surface area contributed by atoms with Gasteiger partial charge in [0.1, 0.15) is 11.8 Å². The second-order valence-electron chi connectivity index (χ2n) is 9.84. The maximum atomic E-state index is 10.4. The molecule has 3 aromatic rings. The van der Waals surface area contributed by atoms with E-state index < -0.39 is 5.60 Å². The molecule has 0 amide bonds. The van der Waals surface area contributed by atoms with Crippen molar-refractivity contribution in [3.63, 3.8) is 0 Å². The first kappa shape index (κ1) is 19.6. The first-order valence-corrected chi connectivity index (χ1v) is 11.4. The van der Waals surface area contributed by atoms with E-state index in [2.05, 4.69) is 57.1 Å². The molecule has 32 heavy (non-hydrogen) atoms. The minimum Gasteiger partial charge on any atom is -0.388 e. The minimum atomic E-state index is -0.592. The number of hydrogen-bond donors (Lipinski definition) is 1. The largest absolute Gasteiger partial charge is 0.388 e. The van der Waals surface area contributed by atoms with E-state index in [1.807, 2.05) is 19.1 Å². The van der Waals surface area contributed by atoms with Gasteiger partial charge in [-0.3, -0.25) is 4.90 Å². The number of rotatable bonds is 2. The summed E-state index contributed by atoms with van der Waals surface area (Å²) in [5.41, 5.74) is 6.12. The first-order valence-electron chi connectivity index (χ1n) is 11.4. The number of fused-ring (bicyclic) bond motifs is 4. The van der Waals surface area contributed by atoms with Gasteiger partial charge in [0.05, 0.1) is 29.0 Å². The number of aromatic nitrogens is 2. The van der Waals surface area contributed by atoms with Crippen molar-refractivity contribution in [2.45, 2.75) is 44.5 Å². The Morgan fingerprint density at radius 3 is 2.81 bits per heavy atom. The van der Waals surface area contributed by atoms with Gasteiger partial charge in [-0.25, -0.2) is 4.52 Å². The number of nitrogens with zero attached hydrogens (tertiary/aromatic N) is 6. The molecule has 0 radical (unpaired) electrons. The summed E-state index contributed by atoms with van der Waals surface area (Å²) in [4.78, 5) is 7.37. The van der Waals surface area contributed by atoms with E-state index in [1.165, 1.54) is 16.8 Å². The molecule has 7 nitrogen and oxygen atoms in total. The van der Waals surface area contributed by atoms with Gasteiger partial charge in [-0.15, -0.1) is 0 Å². The minimum absolute atomic E-state index is 0.350. The molecule has 164 valence electrons. The fourth-order valence-corrected chi connectivity index (χ4v) is 5.83. The van der Waals surface area contributed by atoms with E-state index in [9.17, 15) is 10.4 Å². The molecule has 2 aromatic heterocycles. The molecule has 7 heteroatoms. The lowest BCUT2D eigenvalue weighted by atomic mass is 10.0.